The second kappa shape index (κ2) is 6.24. The highest BCUT2D eigenvalue weighted by molar-refractivity contribution is 7.12. The molecule has 3 aromatic rings. The number of pyridine rings is 1. The van der Waals surface area contributed by atoms with E-state index in [-0.39, 0.29) is 5.91 Å². The van der Waals surface area contributed by atoms with Crippen molar-refractivity contribution in [3.8, 4) is 11.3 Å². The van der Waals surface area contributed by atoms with Crippen LogP contribution in [-0.2, 0) is 0 Å². The number of aryl methyl sites for hydroxylation is 3. The van der Waals surface area contributed by atoms with Crippen LogP contribution < -0.4 is 5.32 Å². The van der Waals surface area contributed by atoms with Crippen LogP contribution in [0.5, 0.6) is 0 Å². The highest BCUT2D eigenvalue weighted by atomic mass is 32.1. The summed E-state index contributed by atoms with van der Waals surface area (Å²) in [6, 6.07) is 4.00. The van der Waals surface area contributed by atoms with Gasteiger partial charge in [-0.25, -0.2) is 4.98 Å². The van der Waals surface area contributed by atoms with E-state index in [1.165, 1.54) is 9.75 Å². The number of rotatable bonds is 2. The smallest absolute Gasteiger partial charge is 0.259 e. The Hall–Kier alpha value is -2.25. The second-order valence-electron chi connectivity index (χ2n) is 6.37. The van der Waals surface area contributed by atoms with Gasteiger partial charge in [0, 0.05) is 41.5 Å². The average molecular weight is 356 g/mol. The van der Waals surface area contributed by atoms with Crippen LogP contribution in [0.4, 0.5) is 0 Å². The van der Waals surface area contributed by atoms with Crippen molar-refractivity contribution in [2.75, 3.05) is 26.2 Å². The zero-order valence-corrected chi connectivity index (χ0v) is 15.4. The number of hydrogen-bond donors (Lipinski definition) is 1. The van der Waals surface area contributed by atoms with Crippen LogP contribution in [0.3, 0.4) is 0 Å². The summed E-state index contributed by atoms with van der Waals surface area (Å²) in [6.45, 7) is 9.05. The highest BCUT2D eigenvalue weighted by Gasteiger charge is 2.25. The summed E-state index contributed by atoms with van der Waals surface area (Å²) in [5.74, 6) is 0.0195. The molecular weight excluding hydrogens is 336 g/mol. The molecule has 4 rings (SSSR count). The van der Waals surface area contributed by atoms with Crippen LogP contribution in [-0.4, -0.2) is 47.1 Å². The summed E-state index contributed by atoms with van der Waals surface area (Å²) >= 11 is 1.73. The molecule has 4 heterocycles. The number of amides is 1. The maximum absolute atomic E-state index is 13.1. The highest BCUT2D eigenvalue weighted by Crippen LogP contribution is 2.33. The van der Waals surface area contributed by atoms with Gasteiger partial charge in [0.25, 0.3) is 11.6 Å². The maximum atomic E-state index is 13.1. The molecule has 0 radical (unpaired) electrons. The molecule has 0 aromatic carbocycles. The van der Waals surface area contributed by atoms with Crippen LogP contribution in [0.15, 0.2) is 16.7 Å². The molecule has 1 aliphatic rings. The number of thiophene rings is 1. The molecule has 0 bridgehead atoms. The molecule has 6 nitrogen and oxygen atoms in total. The lowest BCUT2D eigenvalue weighted by molar-refractivity contribution is 0.0737. The molecule has 130 valence electrons. The fraction of sp³-hybridized carbons (Fsp3) is 0.389. The zero-order valence-electron chi connectivity index (χ0n) is 14.5. The summed E-state index contributed by atoms with van der Waals surface area (Å²) in [5, 5.41) is 8.02. The summed E-state index contributed by atoms with van der Waals surface area (Å²) in [7, 11) is 0. The molecular formula is C18H20N4O2S. The Morgan fingerprint density at radius 1 is 1.24 bits per heavy atom. The Morgan fingerprint density at radius 2 is 2.00 bits per heavy atom. The predicted molar refractivity (Wildman–Crippen MR) is 98.1 cm³/mol. The van der Waals surface area contributed by atoms with Crippen molar-refractivity contribution in [2.24, 2.45) is 0 Å². The molecule has 1 saturated heterocycles. The van der Waals surface area contributed by atoms with Gasteiger partial charge in [-0.2, -0.15) is 0 Å². The number of hydrogen-bond acceptors (Lipinski definition) is 6. The number of nitrogens with one attached hydrogen (secondary N) is 1. The Bertz CT molecular complexity index is 954. The quantitative estimate of drug-likeness (QED) is 0.764. The normalized spacial score (nSPS) is 15.1. The second-order valence-corrected chi connectivity index (χ2v) is 7.83. The van der Waals surface area contributed by atoms with Crippen LogP contribution >= 0.6 is 11.3 Å². The number of fused-ring (bicyclic) bond motifs is 1. The first-order valence-electron chi connectivity index (χ1n) is 8.39. The lowest BCUT2D eigenvalue weighted by atomic mass is 10.0. The summed E-state index contributed by atoms with van der Waals surface area (Å²) < 4.78 is 5.39. The van der Waals surface area contributed by atoms with Gasteiger partial charge in [-0.15, -0.1) is 11.3 Å². The van der Waals surface area contributed by atoms with Gasteiger partial charge < -0.3 is 14.7 Å². The van der Waals surface area contributed by atoms with Crippen LogP contribution in [0.2, 0.25) is 0 Å². The molecule has 1 N–H and O–H groups in total. The van der Waals surface area contributed by atoms with E-state index in [2.05, 4.69) is 35.4 Å². The van der Waals surface area contributed by atoms with Crippen molar-refractivity contribution in [3.05, 3.63) is 33.1 Å². The van der Waals surface area contributed by atoms with Crippen molar-refractivity contribution in [1.29, 1.82) is 0 Å². The number of carbonyl (C=O) groups excluding carboxylic acids is 1. The Kier molecular flexibility index (Phi) is 4.05. The average Bonchev–Trinajstić information content (AvgIpc) is 3.16. The summed E-state index contributed by atoms with van der Waals surface area (Å²) in [6.07, 6.45) is 0. The van der Waals surface area contributed by atoms with Crippen molar-refractivity contribution >= 4 is 28.3 Å². The molecule has 0 spiro atoms. The van der Waals surface area contributed by atoms with Gasteiger partial charge in [0.05, 0.1) is 22.3 Å². The summed E-state index contributed by atoms with van der Waals surface area (Å²) in [4.78, 5) is 22.0. The fourth-order valence-corrected chi connectivity index (χ4v) is 4.26. The first-order chi connectivity index (χ1) is 12.0. The van der Waals surface area contributed by atoms with Crippen LogP contribution in [0.1, 0.15) is 25.8 Å². The first-order valence-corrected chi connectivity index (χ1v) is 9.20. The molecule has 3 aromatic heterocycles. The standard InChI is InChI=1S/C18H20N4O2S/c1-10-8-13(12(3)25-10)15-9-14(16-11(2)21-24-17(16)20-15)18(23)22-6-4-19-5-7-22/h8-9,19H,4-7H2,1-3H3. The molecule has 25 heavy (non-hydrogen) atoms. The number of piperazine rings is 1. The van der Waals surface area contributed by atoms with E-state index in [1.54, 1.807) is 11.3 Å². The van der Waals surface area contributed by atoms with Gasteiger partial charge in [0.2, 0.25) is 0 Å². The Labute approximate surface area is 149 Å². The van der Waals surface area contributed by atoms with E-state index in [0.29, 0.717) is 30.1 Å². The first kappa shape index (κ1) is 16.2. The van der Waals surface area contributed by atoms with E-state index in [1.807, 2.05) is 17.9 Å². The van der Waals surface area contributed by atoms with E-state index in [0.717, 1.165) is 29.7 Å². The van der Waals surface area contributed by atoms with Gasteiger partial charge in [0.15, 0.2) is 0 Å². The zero-order chi connectivity index (χ0) is 17.6. The van der Waals surface area contributed by atoms with Crippen LogP contribution in [0, 0.1) is 20.8 Å². The van der Waals surface area contributed by atoms with Gasteiger partial charge in [0.1, 0.15) is 0 Å². The van der Waals surface area contributed by atoms with Crippen LogP contribution in [0.25, 0.3) is 22.4 Å². The topological polar surface area (TPSA) is 71.3 Å². The van der Waals surface area contributed by atoms with E-state index >= 15 is 0 Å². The van der Waals surface area contributed by atoms with Crippen molar-refractivity contribution in [1.82, 2.24) is 20.4 Å². The molecule has 1 aliphatic heterocycles. The third-order valence-corrected chi connectivity index (χ3v) is 5.53. The monoisotopic (exact) mass is 356 g/mol. The molecule has 0 aliphatic carbocycles. The largest absolute Gasteiger partial charge is 0.336 e. The SMILES string of the molecule is Cc1cc(-c2cc(C(=O)N3CCNCC3)c3c(C)noc3n2)c(C)s1. The third-order valence-electron chi connectivity index (χ3n) is 4.57. The molecule has 0 unspecified atom stereocenters. The van der Waals surface area contributed by atoms with E-state index < -0.39 is 0 Å². The fourth-order valence-electron chi connectivity index (χ4n) is 3.32. The molecule has 0 atom stereocenters. The lowest BCUT2D eigenvalue weighted by Crippen LogP contribution is -2.46. The lowest BCUT2D eigenvalue weighted by Gasteiger charge is -2.27. The molecule has 7 heteroatoms. The molecule has 0 saturated carbocycles. The predicted octanol–water partition coefficient (Wildman–Crippen LogP) is 2.92. The maximum Gasteiger partial charge on any atom is 0.259 e. The summed E-state index contributed by atoms with van der Waals surface area (Å²) in [5.41, 5.74) is 3.57. The van der Waals surface area contributed by atoms with Gasteiger partial charge in [-0.05, 0) is 32.9 Å². The van der Waals surface area contributed by atoms with Crippen molar-refractivity contribution in [2.45, 2.75) is 20.8 Å². The van der Waals surface area contributed by atoms with E-state index in [9.17, 15) is 4.79 Å². The third kappa shape index (κ3) is 2.83. The van der Waals surface area contributed by atoms with Crippen molar-refractivity contribution < 1.29 is 9.32 Å². The minimum atomic E-state index is 0.0195. The minimum Gasteiger partial charge on any atom is -0.336 e. The number of nitrogens with zero attached hydrogens (tertiary/aromatic N) is 3. The van der Waals surface area contributed by atoms with Gasteiger partial charge in [-0.3, -0.25) is 4.79 Å². The molecule has 1 fully saturated rings. The number of aromatic nitrogens is 2. The van der Waals surface area contributed by atoms with Gasteiger partial charge >= 0.3 is 0 Å². The Morgan fingerprint density at radius 3 is 2.68 bits per heavy atom. The number of carbonyl (C=O) groups is 1. The Balaban J connectivity index is 1.87. The van der Waals surface area contributed by atoms with E-state index in [4.69, 9.17) is 4.52 Å². The van der Waals surface area contributed by atoms with Crippen molar-refractivity contribution in [3.63, 3.8) is 0 Å². The molecule has 1 amide bonds. The minimum absolute atomic E-state index is 0.0195. The van der Waals surface area contributed by atoms with Gasteiger partial charge in [-0.1, -0.05) is 5.16 Å².